The second-order valence-corrected chi connectivity index (χ2v) is 8.91. The van der Waals surface area contributed by atoms with Gasteiger partial charge in [-0.05, 0) is 49.2 Å². The van der Waals surface area contributed by atoms with Gasteiger partial charge in [-0.1, -0.05) is 39.3 Å². The van der Waals surface area contributed by atoms with Crippen molar-refractivity contribution in [1.82, 2.24) is 15.1 Å². The zero-order valence-electron chi connectivity index (χ0n) is 17.6. The molecular weight excluding hydrogens is 368 g/mol. The van der Waals surface area contributed by atoms with E-state index in [1.807, 2.05) is 12.1 Å². The monoisotopic (exact) mass is 402 g/mol. The minimum atomic E-state index is -0.212. The van der Waals surface area contributed by atoms with Crippen LogP contribution in [0.1, 0.15) is 52.0 Å². The topological polar surface area (TPSA) is 47.6 Å². The summed E-state index contributed by atoms with van der Waals surface area (Å²) in [6, 6.07) is 8.20. The van der Waals surface area contributed by atoms with Gasteiger partial charge in [0.15, 0.2) is 5.11 Å². The van der Waals surface area contributed by atoms with Crippen LogP contribution in [0.15, 0.2) is 24.3 Å². The molecule has 0 aliphatic carbocycles. The number of carbonyl (C=O) groups excluding carboxylic acids is 1. The van der Waals surface area contributed by atoms with E-state index in [0.29, 0.717) is 5.92 Å². The van der Waals surface area contributed by atoms with Crippen LogP contribution in [0.25, 0.3) is 0 Å². The molecule has 6 heteroatoms. The summed E-state index contributed by atoms with van der Waals surface area (Å²) < 4.78 is 0. The van der Waals surface area contributed by atoms with Crippen molar-refractivity contribution >= 4 is 28.9 Å². The van der Waals surface area contributed by atoms with Gasteiger partial charge in [0.05, 0.1) is 11.7 Å². The Morgan fingerprint density at radius 3 is 2.68 bits per heavy atom. The van der Waals surface area contributed by atoms with Crippen LogP contribution in [-0.2, 0) is 4.79 Å². The largest absolute Gasteiger partial charge is 0.349 e. The Bertz CT molecular complexity index is 712. The lowest BCUT2D eigenvalue weighted by Gasteiger charge is -2.45. The summed E-state index contributed by atoms with van der Waals surface area (Å²) in [5.41, 5.74) is 2.03. The summed E-state index contributed by atoms with van der Waals surface area (Å²) >= 11 is 5.66. The number of hydrogen-bond donors (Lipinski definition) is 2. The molecule has 28 heavy (non-hydrogen) atoms. The third-order valence-electron chi connectivity index (χ3n) is 6.02. The van der Waals surface area contributed by atoms with Crippen LogP contribution in [0.4, 0.5) is 5.69 Å². The van der Waals surface area contributed by atoms with Gasteiger partial charge in [0.2, 0.25) is 5.91 Å². The van der Waals surface area contributed by atoms with Gasteiger partial charge in [-0.2, -0.15) is 0 Å². The second kappa shape index (κ2) is 8.78. The van der Waals surface area contributed by atoms with Crippen molar-refractivity contribution in [1.29, 1.82) is 0 Å². The number of hydrogen-bond acceptors (Lipinski definition) is 3. The summed E-state index contributed by atoms with van der Waals surface area (Å²) in [6.45, 7) is 11.1. The van der Waals surface area contributed by atoms with Gasteiger partial charge in [0, 0.05) is 38.2 Å². The maximum Gasteiger partial charge on any atom is 0.241 e. The lowest BCUT2D eigenvalue weighted by atomic mass is 9.95. The number of nitrogens with one attached hydrogen (secondary N) is 2. The Hall–Kier alpha value is -1.66. The Balaban J connectivity index is 1.66. The molecule has 3 rings (SSSR count). The normalized spacial score (nSPS) is 21.6. The number of likely N-dealkylation sites (tertiary alicyclic amines) is 1. The first kappa shape index (κ1) is 21.1. The number of thiocarbonyl (C=S) groups is 1. The third kappa shape index (κ3) is 4.33. The predicted octanol–water partition coefficient (Wildman–Crippen LogP) is 3.74. The first-order valence-electron chi connectivity index (χ1n) is 10.6. The zero-order valence-corrected chi connectivity index (χ0v) is 18.4. The Morgan fingerprint density at radius 2 is 2.07 bits per heavy atom. The van der Waals surface area contributed by atoms with E-state index in [9.17, 15) is 4.79 Å². The van der Waals surface area contributed by atoms with Gasteiger partial charge in [-0.25, -0.2) is 0 Å². The lowest BCUT2D eigenvalue weighted by molar-refractivity contribution is -0.133. The van der Waals surface area contributed by atoms with Crippen LogP contribution >= 0.6 is 12.2 Å². The summed E-state index contributed by atoms with van der Waals surface area (Å²) in [5, 5.41) is 7.86. The number of benzene rings is 1. The van der Waals surface area contributed by atoms with E-state index in [2.05, 4.69) is 60.3 Å². The molecule has 1 amide bonds. The van der Waals surface area contributed by atoms with Gasteiger partial charge >= 0.3 is 0 Å². The van der Waals surface area contributed by atoms with E-state index >= 15 is 0 Å². The fourth-order valence-corrected chi connectivity index (χ4v) is 4.62. The lowest BCUT2D eigenvalue weighted by Crippen LogP contribution is -2.60. The molecule has 2 aliphatic heterocycles. The van der Waals surface area contributed by atoms with Crippen molar-refractivity contribution in [3.63, 3.8) is 0 Å². The van der Waals surface area contributed by atoms with Crippen LogP contribution in [0.5, 0.6) is 0 Å². The third-order valence-corrected chi connectivity index (χ3v) is 6.38. The highest BCUT2D eigenvalue weighted by molar-refractivity contribution is 7.80. The number of aryl methyl sites for hydroxylation is 1. The number of amides is 1. The quantitative estimate of drug-likeness (QED) is 0.735. The Morgan fingerprint density at radius 1 is 1.36 bits per heavy atom. The smallest absolute Gasteiger partial charge is 0.241 e. The molecule has 1 spiro atoms. The first-order chi connectivity index (χ1) is 13.4. The predicted molar refractivity (Wildman–Crippen MR) is 119 cm³/mol. The molecule has 2 aliphatic rings. The van der Waals surface area contributed by atoms with Crippen molar-refractivity contribution in [2.75, 3.05) is 25.0 Å². The van der Waals surface area contributed by atoms with Crippen LogP contribution in [-0.4, -0.2) is 52.2 Å². The highest BCUT2D eigenvalue weighted by Crippen LogP contribution is 2.34. The van der Waals surface area contributed by atoms with E-state index in [0.717, 1.165) is 56.1 Å². The van der Waals surface area contributed by atoms with Crippen molar-refractivity contribution in [3.05, 3.63) is 29.8 Å². The van der Waals surface area contributed by atoms with Gasteiger partial charge in [-0.3, -0.25) is 10.1 Å². The highest BCUT2D eigenvalue weighted by atomic mass is 32.1. The molecular formula is C22H34N4OS. The highest BCUT2D eigenvalue weighted by Gasteiger charge is 2.51. The maximum atomic E-state index is 13.0. The number of nitrogens with zero attached hydrogens (tertiary/aromatic N) is 2. The molecule has 0 radical (unpaired) electrons. The molecule has 1 aromatic rings. The Kier molecular flexibility index (Phi) is 6.61. The van der Waals surface area contributed by atoms with E-state index < -0.39 is 0 Å². The molecule has 2 saturated heterocycles. The zero-order chi connectivity index (χ0) is 20.3. The van der Waals surface area contributed by atoms with Gasteiger partial charge < -0.3 is 15.1 Å². The van der Waals surface area contributed by atoms with Gasteiger partial charge in [-0.15, -0.1) is 0 Å². The Labute approximate surface area is 174 Å². The molecule has 1 aromatic carbocycles. The average molecular weight is 403 g/mol. The molecule has 0 bridgehead atoms. The van der Waals surface area contributed by atoms with Crippen molar-refractivity contribution in [2.24, 2.45) is 5.92 Å². The molecule has 1 unspecified atom stereocenters. The maximum absolute atomic E-state index is 13.0. The van der Waals surface area contributed by atoms with E-state index in [1.54, 1.807) is 0 Å². The molecule has 2 fully saturated rings. The number of unbranched alkanes of at least 4 members (excludes halogenated alkanes) is 1. The number of rotatable bonds is 5. The van der Waals surface area contributed by atoms with Crippen LogP contribution in [0, 0.1) is 12.8 Å². The summed E-state index contributed by atoms with van der Waals surface area (Å²) in [4.78, 5) is 17.4. The van der Waals surface area contributed by atoms with Crippen LogP contribution < -0.4 is 10.6 Å². The minimum Gasteiger partial charge on any atom is -0.349 e. The summed E-state index contributed by atoms with van der Waals surface area (Å²) in [5.74, 6) is 0.579. The van der Waals surface area contributed by atoms with E-state index in [4.69, 9.17) is 12.2 Å². The van der Waals surface area contributed by atoms with E-state index in [1.165, 1.54) is 5.56 Å². The summed E-state index contributed by atoms with van der Waals surface area (Å²) in [7, 11) is 0. The fourth-order valence-electron chi connectivity index (χ4n) is 4.32. The average Bonchev–Trinajstić information content (AvgIpc) is 2.92. The number of piperidine rings is 1. The van der Waals surface area contributed by atoms with Gasteiger partial charge in [0.1, 0.15) is 0 Å². The number of anilines is 1. The number of carbonyl (C=O) groups is 1. The van der Waals surface area contributed by atoms with Crippen LogP contribution in [0.2, 0.25) is 0 Å². The van der Waals surface area contributed by atoms with Crippen molar-refractivity contribution < 1.29 is 4.79 Å². The molecule has 5 nitrogen and oxygen atoms in total. The standard InChI is InChI=1S/C22H34N4OS/c1-5-6-12-26-20(27)19(16(2)3)24-22(26)10-13-25(14-11-22)21(28)23-18-9-7-8-17(4)15-18/h7-9,15-16,19,24H,5-6,10-14H2,1-4H3,(H,23,28). The molecule has 2 heterocycles. The van der Waals surface area contributed by atoms with Crippen molar-refractivity contribution in [2.45, 2.75) is 65.1 Å². The molecule has 2 N–H and O–H groups in total. The van der Waals surface area contributed by atoms with Crippen molar-refractivity contribution in [3.8, 4) is 0 Å². The molecule has 1 atom stereocenters. The second-order valence-electron chi connectivity index (χ2n) is 8.53. The molecule has 0 saturated carbocycles. The molecule has 0 aromatic heterocycles. The van der Waals surface area contributed by atoms with Crippen LogP contribution in [0.3, 0.4) is 0 Å². The first-order valence-corrected chi connectivity index (χ1v) is 11.0. The summed E-state index contributed by atoms with van der Waals surface area (Å²) in [6.07, 6.45) is 3.96. The van der Waals surface area contributed by atoms with Gasteiger partial charge in [0.25, 0.3) is 0 Å². The SMILES string of the molecule is CCCCN1C(=O)C(C(C)C)NC12CCN(C(=S)Nc1cccc(C)c1)CC2. The fraction of sp³-hybridized carbons (Fsp3) is 0.636. The minimum absolute atomic E-state index is 0.0687. The van der Waals surface area contributed by atoms with E-state index in [-0.39, 0.29) is 17.6 Å². The molecule has 154 valence electrons.